The number of likely N-dealkylation sites (tertiary alicyclic amines) is 1. The summed E-state index contributed by atoms with van der Waals surface area (Å²) >= 11 is 0. The number of hydrogen-bond donors (Lipinski definition) is 1. The third kappa shape index (κ3) is 1.94. The zero-order chi connectivity index (χ0) is 11.8. The number of nitrogens with zero attached hydrogens (tertiary/aromatic N) is 3. The molecule has 2 unspecified atom stereocenters. The van der Waals surface area contributed by atoms with Gasteiger partial charge >= 0.3 is 0 Å². The Kier molecular flexibility index (Phi) is 2.60. The highest BCUT2D eigenvalue weighted by Gasteiger charge is 2.41. The first kappa shape index (κ1) is 10.7. The number of nitrogens with one attached hydrogen (secondary N) is 1. The van der Waals surface area contributed by atoms with E-state index in [1.807, 2.05) is 18.1 Å². The average Bonchev–Trinajstić information content (AvgIpc) is 2.93. The number of amides is 1. The lowest BCUT2D eigenvalue weighted by Gasteiger charge is -2.33. The number of morpholine rings is 1. The van der Waals surface area contributed by atoms with Crippen molar-refractivity contribution in [2.24, 2.45) is 0 Å². The van der Waals surface area contributed by atoms with E-state index in [-0.39, 0.29) is 24.7 Å². The molecule has 3 heterocycles. The lowest BCUT2D eigenvalue weighted by atomic mass is 10.1. The Morgan fingerprint density at radius 2 is 2.47 bits per heavy atom. The van der Waals surface area contributed by atoms with Crippen LogP contribution in [0.4, 0.5) is 0 Å². The number of ether oxygens (including phenoxy) is 1. The van der Waals surface area contributed by atoms with Crippen LogP contribution in [0.2, 0.25) is 0 Å². The van der Waals surface area contributed by atoms with Crippen LogP contribution in [-0.4, -0.2) is 64.6 Å². The van der Waals surface area contributed by atoms with Crippen LogP contribution in [0, 0.1) is 0 Å². The molecule has 0 spiro atoms. The monoisotopic (exact) mass is 236 g/mol. The number of fused-ring (bicyclic) bond motifs is 1. The van der Waals surface area contributed by atoms with Gasteiger partial charge in [-0.1, -0.05) is 0 Å². The van der Waals surface area contributed by atoms with Gasteiger partial charge in [-0.25, -0.2) is 4.98 Å². The minimum Gasteiger partial charge on any atom is -0.365 e. The fraction of sp³-hybridized carbons (Fsp3) is 0.636. The molecule has 2 aliphatic heterocycles. The highest BCUT2D eigenvalue weighted by atomic mass is 16.5. The van der Waals surface area contributed by atoms with Crippen molar-refractivity contribution in [2.75, 3.05) is 26.7 Å². The maximum absolute atomic E-state index is 11.5. The van der Waals surface area contributed by atoms with E-state index < -0.39 is 0 Å². The largest absolute Gasteiger partial charge is 0.365 e. The van der Waals surface area contributed by atoms with Crippen molar-refractivity contribution in [3.05, 3.63) is 18.2 Å². The van der Waals surface area contributed by atoms with Crippen molar-refractivity contribution >= 4 is 5.91 Å². The van der Waals surface area contributed by atoms with Crippen molar-refractivity contribution in [3.63, 3.8) is 0 Å². The van der Waals surface area contributed by atoms with Crippen LogP contribution < -0.4 is 0 Å². The van der Waals surface area contributed by atoms with Crippen LogP contribution in [-0.2, 0) is 16.1 Å². The van der Waals surface area contributed by atoms with Crippen molar-refractivity contribution in [2.45, 2.75) is 18.7 Å². The van der Waals surface area contributed by atoms with Crippen LogP contribution in [0.25, 0.3) is 0 Å². The molecule has 0 aromatic carbocycles. The van der Waals surface area contributed by atoms with E-state index in [0.717, 1.165) is 25.5 Å². The molecular weight excluding hydrogens is 220 g/mol. The summed E-state index contributed by atoms with van der Waals surface area (Å²) in [6.07, 6.45) is 3.72. The van der Waals surface area contributed by atoms with Gasteiger partial charge in [0.05, 0.1) is 18.7 Å². The average molecular weight is 236 g/mol. The number of carbonyl (C=O) groups excluding carboxylic acids is 1. The molecule has 1 aromatic rings. The third-order valence-electron chi connectivity index (χ3n) is 3.55. The summed E-state index contributed by atoms with van der Waals surface area (Å²) in [5.74, 6) is 1.03. The second kappa shape index (κ2) is 4.12. The standard InChI is InChI=1S/C11H16N4O2/c1-14-8-4-15(6-10-12-2-3-13-10)5-9(8)17-7-11(14)16/h2-3,8-9H,4-7H2,1H3,(H,12,13). The second-order valence-electron chi connectivity index (χ2n) is 4.65. The number of aromatic nitrogens is 2. The molecular formula is C11H16N4O2. The van der Waals surface area contributed by atoms with Gasteiger partial charge in [0.2, 0.25) is 5.91 Å². The zero-order valence-corrected chi connectivity index (χ0v) is 9.80. The van der Waals surface area contributed by atoms with Gasteiger partial charge in [-0.3, -0.25) is 9.69 Å². The Morgan fingerprint density at radius 1 is 1.59 bits per heavy atom. The maximum atomic E-state index is 11.5. The van der Waals surface area contributed by atoms with Crippen molar-refractivity contribution in [3.8, 4) is 0 Å². The molecule has 2 saturated heterocycles. The summed E-state index contributed by atoms with van der Waals surface area (Å²) in [4.78, 5) is 22.9. The first-order chi connectivity index (χ1) is 8.24. The van der Waals surface area contributed by atoms with E-state index >= 15 is 0 Å². The van der Waals surface area contributed by atoms with E-state index in [1.54, 1.807) is 6.20 Å². The smallest absolute Gasteiger partial charge is 0.248 e. The molecule has 0 bridgehead atoms. The minimum absolute atomic E-state index is 0.0751. The normalized spacial score (nSPS) is 29.7. The number of imidazole rings is 1. The number of aromatic amines is 1. The van der Waals surface area contributed by atoms with Crippen LogP contribution >= 0.6 is 0 Å². The summed E-state index contributed by atoms with van der Waals surface area (Å²) in [7, 11) is 1.86. The van der Waals surface area contributed by atoms with Gasteiger partial charge in [-0.05, 0) is 0 Å². The van der Waals surface area contributed by atoms with Crippen molar-refractivity contribution in [1.29, 1.82) is 0 Å². The Bertz CT molecular complexity index is 406. The molecule has 1 N–H and O–H groups in total. The predicted octanol–water partition coefficient (Wildman–Crippen LogP) is -0.549. The molecule has 2 atom stereocenters. The minimum atomic E-state index is 0.0751. The predicted molar refractivity (Wildman–Crippen MR) is 60.2 cm³/mol. The quantitative estimate of drug-likeness (QED) is 0.748. The number of carbonyl (C=O) groups is 1. The summed E-state index contributed by atoms with van der Waals surface area (Å²) in [5, 5.41) is 0. The molecule has 92 valence electrons. The van der Waals surface area contributed by atoms with Crippen molar-refractivity contribution < 1.29 is 9.53 Å². The molecule has 2 aliphatic rings. The number of likely N-dealkylation sites (N-methyl/N-ethyl adjacent to an activating group) is 1. The lowest BCUT2D eigenvalue weighted by molar-refractivity contribution is -0.150. The Morgan fingerprint density at radius 3 is 3.24 bits per heavy atom. The molecule has 0 radical (unpaired) electrons. The zero-order valence-electron chi connectivity index (χ0n) is 9.80. The maximum Gasteiger partial charge on any atom is 0.248 e. The third-order valence-corrected chi connectivity index (χ3v) is 3.55. The number of H-pyrrole nitrogens is 1. The summed E-state index contributed by atoms with van der Waals surface area (Å²) in [6.45, 7) is 2.72. The first-order valence-corrected chi connectivity index (χ1v) is 5.82. The molecule has 3 rings (SSSR count). The number of rotatable bonds is 2. The van der Waals surface area contributed by atoms with Gasteiger partial charge < -0.3 is 14.6 Å². The van der Waals surface area contributed by atoms with Crippen LogP contribution in [0.15, 0.2) is 12.4 Å². The molecule has 17 heavy (non-hydrogen) atoms. The van der Waals surface area contributed by atoms with Crippen LogP contribution in [0.1, 0.15) is 5.82 Å². The SMILES string of the molecule is CN1C(=O)COC2CN(Cc3ncc[nH]3)CC21. The lowest BCUT2D eigenvalue weighted by Crippen LogP contribution is -2.51. The van der Waals surface area contributed by atoms with Crippen LogP contribution in [0.5, 0.6) is 0 Å². The molecule has 2 fully saturated rings. The van der Waals surface area contributed by atoms with Crippen LogP contribution in [0.3, 0.4) is 0 Å². The first-order valence-electron chi connectivity index (χ1n) is 5.82. The van der Waals surface area contributed by atoms with Gasteiger partial charge in [0.25, 0.3) is 0 Å². The fourth-order valence-electron chi connectivity index (χ4n) is 2.56. The van der Waals surface area contributed by atoms with E-state index in [9.17, 15) is 4.79 Å². The number of hydrogen-bond acceptors (Lipinski definition) is 4. The Balaban J connectivity index is 1.66. The van der Waals surface area contributed by atoms with Gasteiger partial charge in [0, 0.05) is 32.5 Å². The summed E-state index contributed by atoms with van der Waals surface area (Å²) < 4.78 is 5.57. The van der Waals surface area contributed by atoms with E-state index in [0.29, 0.717) is 0 Å². The summed E-state index contributed by atoms with van der Waals surface area (Å²) in [5.41, 5.74) is 0. The molecule has 0 saturated carbocycles. The topological polar surface area (TPSA) is 61.5 Å². The Hall–Kier alpha value is -1.40. The fourth-order valence-corrected chi connectivity index (χ4v) is 2.56. The second-order valence-corrected chi connectivity index (χ2v) is 4.65. The van der Waals surface area contributed by atoms with Gasteiger partial charge in [0.15, 0.2) is 0 Å². The van der Waals surface area contributed by atoms with Crippen molar-refractivity contribution in [1.82, 2.24) is 19.8 Å². The molecule has 1 aromatic heterocycles. The molecule has 6 nitrogen and oxygen atoms in total. The highest BCUT2D eigenvalue weighted by Crippen LogP contribution is 2.22. The molecule has 1 amide bonds. The van der Waals surface area contributed by atoms with Gasteiger partial charge in [-0.15, -0.1) is 0 Å². The summed E-state index contributed by atoms with van der Waals surface area (Å²) in [6, 6.07) is 0.186. The molecule has 6 heteroatoms. The van der Waals surface area contributed by atoms with E-state index in [4.69, 9.17) is 4.74 Å². The highest BCUT2D eigenvalue weighted by molar-refractivity contribution is 5.78. The van der Waals surface area contributed by atoms with E-state index in [1.165, 1.54) is 0 Å². The van der Waals surface area contributed by atoms with Gasteiger partial charge in [-0.2, -0.15) is 0 Å². The van der Waals surface area contributed by atoms with Gasteiger partial charge in [0.1, 0.15) is 12.4 Å². The van der Waals surface area contributed by atoms with E-state index in [2.05, 4.69) is 14.9 Å². The molecule has 0 aliphatic carbocycles. The Labute approximate surface area is 99.6 Å².